The summed E-state index contributed by atoms with van der Waals surface area (Å²) in [5.41, 5.74) is -0.741. The van der Waals surface area contributed by atoms with Gasteiger partial charge in [-0.3, -0.25) is 4.79 Å². The predicted octanol–water partition coefficient (Wildman–Crippen LogP) is 2.27. The van der Waals surface area contributed by atoms with Crippen molar-refractivity contribution in [1.82, 2.24) is 0 Å². The average molecular weight is 255 g/mol. The Kier molecular flexibility index (Phi) is 4.53. The number of methoxy groups -OCH3 is 1. The molecule has 0 bridgehead atoms. The molecule has 0 aliphatic carbocycles. The number of carbonyl (C=O) groups excluding carboxylic acids is 2. The summed E-state index contributed by atoms with van der Waals surface area (Å²) in [6, 6.07) is 1.40. The van der Waals surface area contributed by atoms with Crippen molar-refractivity contribution in [2.45, 2.75) is 6.92 Å². The molecule has 0 saturated carbocycles. The van der Waals surface area contributed by atoms with E-state index in [0.717, 1.165) is 13.2 Å². The minimum Gasteiger partial charge on any atom is -0.465 e. The van der Waals surface area contributed by atoms with Crippen molar-refractivity contribution in [3.05, 3.63) is 41.5 Å². The zero-order valence-electron chi connectivity index (χ0n) is 9.79. The molecule has 0 unspecified atom stereocenters. The van der Waals surface area contributed by atoms with Crippen molar-refractivity contribution in [1.29, 1.82) is 0 Å². The lowest BCUT2D eigenvalue weighted by Gasteiger charge is -2.07. The molecule has 6 heteroatoms. The second-order valence-corrected chi connectivity index (χ2v) is 3.29. The van der Waals surface area contributed by atoms with Crippen molar-refractivity contribution in [3.63, 3.8) is 0 Å². The van der Waals surface area contributed by atoms with Crippen LogP contribution < -0.4 is 5.32 Å². The van der Waals surface area contributed by atoms with Crippen molar-refractivity contribution < 1.29 is 23.1 Å². The number of rotatable bonds is 3. The van der Waals surface area contributed by atoms with Gasteiger partial charge in [0.15, 0.2) is 0 Å². The predicted molar refractivity (Wildman–Crippen MR) is 61.1 cm³/mol. The molecule has 96 valence electrons. The first-order valence-corrected chi connectivity index (χ1v) is 5.00. The number of halogens is 2. The zero-order valence-corrected chi connectivity index (χ0v) is 9.79. The van der Waals surface area contributed by atoms with Crippen LogP contribution in [0.1, 0.15) is 17.3 Å². The van der Waals surface area contributed by atoms with E-state index >= 15 is 0 Å². The number of allylic oxidation sites excluding steroid dienone is 1. The first-order valence-electron chi connectivity index (χ1n) is 5.00. The van der Waals surface area contributed by atoms with Crippen LogP contribution in [0.4, 0.5) is 14.5 Å². The van der Waals surface area contributed by atoms with Gasteiger partial charge in [-0.2, -0.15) is 0 Å². The molecule has 0 spiro atoms. The van der Waals surface area contributed by atoms with Gasteiger partial charge in [0.05, 0.1) is 18.4 Å². The summed E-state index contributed by atoms with van der Waals surface area (Å²) in [6.45, 7) is 1.61. The number of amides is 1. The van der Waals surface area contributed by atoms with E-state index < -0.39 is 29.1 Å². The maximum absolute atomic E-state index is 13.4. The van der Waals surface area contributed by atoms with Crippen LogP contribution in [0.25, 0.3) is 0 Å². The molecule has 1 rings (SSSR count). The van der Waals surface area contributed by atoms with Crippen LogP contribution in [0.15, 0.2) is 24.3 Å². The van der Waals surface area contributed by atoms with Crippen molar-refractivity contribution in [3.8, 4) is 0 Å². The quantitative estimate of drug-likeness (QED) is 0.665. The Balaban J connectivity index is 3.12. The fourth-order valence-electron chi connectivity index (χ4n) is 1.24. The van der Waals surface area contributed by atoms with E-state index in [4.69, 9.17) is 0 Å². The summed E-state index contributed by atoms with van der Waals surface area (Å²) in [5, 5.41) is 2.18. The molecule has 0 atom stereocenters. The molecule has 0 aliphatic rings. The van der Waals surface area contributed by atoms with Crippen LogP contribution in [-0.4, -0.2) is 19.0 Å². The Labute approximate surface area is 102 Å². The highest BCUT2D eigenvalue weighted by Gasteiger charge is 2.17. The van der Waals surface area contributed by atoms with E-state index in [9.17, 15) is 18.4 Å². The van der Waals surface area contributed by atoms with Gasteiger partial charge >= 0.3 is 5.97 Å². The lowest BCUT2D eigenvalue weighted by atomic mass is 10.1. The Hall–Kier alpha value is -2.24. The Morgan fingerprint density at radius 3 is 2.50 bits per heavy atom. The number of hydrogen-bond donors (Lipinski definition) is 1. The maximum Gasteiger partial charge on any atom is 0.340 e. The minimum atomic E-state index is -1.05. The molecule has 0 fully saturated rings. The fourth-order valence-corrected chi connectivity index (χ4v) is 1.24. The molecular weight excluding hydrogens is 244 g/mol. The third-order valence-electron chi connectivity index (χ3n) is 2.04. The molecule has 0 heterocycles. The van der Waals surface area contributed by atoms with E-state index in [1.165, 1.54) is 12.2 Å². The van der Waals surface area contributed by atoms with E-state index in [0.29, 0.717) is 6.07 Å². The van der Waals surface area contributed by atoms with Crippen LogP contribution in [-0.2, 0) is 9.53 Å². The Bertz CT molecular complexity index is 512. The van der Waals surface area contributed by atoms with E-state index in [1.54, 1.807) is 6.92 Å². The third-order valence-corrected chi connectivity index (χ3v) is 2.04. The molecule has 0 aliphatic heterocycles. The van der Waals surface area contributed by atoms with Gasteiger partial charge in [0, 0.05) is 6.07 Å². The summed E-state index contributed by atoms with van der Waals surface area (Å²) >= 11 is 0. The first kappa shape index (κ1) is 13.8. The molecule has 1 N–H and O–H groups in total. The first-order chi connectivity index (χ1) is 8.49. The summed E-state index contributed by atoms with van der Waals surface area (Å²) < 4.78 is 31.0. The topological polar surface area (TPSA) is 55.4 Å². The van der Waals surface area contributed by atoms with Gasteiger partial charge in [-0.15, -0.1) is 0 Å². The van der Waals surface area contributed by atoms with Gasteiger partial charge in [-0.1, -0.05) is 6.08 Å². The molecule has 4 nitrogen and oxygen atoms in total. The second kappa shape index (κ2) is 5.90. The summed E-state index contributed by atoms with van der Waals surface area (Å²) in [7, 11) is 1.07. The highest BCUT2D eigenvalue weighted by molar-refractivity contribution is 6.00. The molecule has 1 amide bonds. The lowest BCUT2D eigenvalue weighted by Crippen LogP contribution is -2.12. The van der Waals surface area contributed by atoms with Crippen LogP contribution >= 0.6 is 0 Å². The molecule has 0 saturated heterocycles. The number of carbonyl (C=O) groups is 2. The standard InChI is InChI=1S/C12H11F2NO3/c1-3-4-11(16)15-10-5-7(12(17)18-2)8(13)6-9(10)14/h3-6H,1-2H3,(H,15,16). The van der Waals surface area contributed by atoms with E-state index in [2.05, 4.69) is 10.1 Å². The largest absolute Gasteiger partial charge is 0.465 e. The van der Waals surface area contributed by atoms with Crippen molar-refractivity contribution in [2.24, 2.45) is 0 Å². The smallest absolute Gasteiger partial charge is 0.340 e. The number of ether oxygens (including phenoxy) is 1. The SMILES string of the molecule is CC=CC(=O)Nc1cc(C(=O)OC)c(F)cc1F. The fraction of sp³-hybridized carbons (Fsp3) is 0.167. The van der Waals surface area contributed by atoms with Crippen LogP contribution in [0, 0.1) is 11.6 Å². The Morgan fingerprint density at radius 1 is 1.28 bits per heavy atom. The normalized spacial score (nSPS) is 10.4. The molecule has 0 aromatic heterocycles. The van der Waals surface area contributed by atoms with Gasteiger partial charge in [0.25, 0.3) is 0 Å². The molecule has 1 aromatic carbocycles. The summed E-state index contributed by atoms with van der Waals surface area (Å²) in [6.07, 6.45) is 2.62. The van der Waals surface area contributed by atoms with Crippen molar-refractivity contribution >= 4 is 17.6 Å². The zero-order chi connectivity index (χ0) is 13.7. The van der Waals surface area contributed by atoms with Crippen molar-refractivity contribution in [2.75, 3.05) is 12.4 Å². The molecule has 1 aromatic rings. The highest BCUT2D eigenvalue weighted by Crippen LogP contribution is 2.20. The van der Waals surface area contributed by atoms with Crippen LogP contribution in [0.5, 0.6) is 0 Å². The molecule has 0 radical (unpaired) electrons. The summed E-state index contributed by atoms with van der Waals surface area (Å²) in [5.74, 6) is -3.56. The molecular formula is C12H11F2NO3. The second-order valence-electron chi connectivity index (χ2n) is 3.29. The summed E-state index contributed by atoms with van der Waals surface area (Å²) in [4.78, 5) is 22.4. The highest BCUT2D eigenvalue weighted by atomic mass is 19.1. The molecule has 18 heavy (non-hydrogen) atoms. The average Bonchev–Trinajstić information content (AvgIpc) is 2.32. The number of benzene rings is 1. The number of nitrogens with one attached hydrogen (secondary N) is 1. The third kappa shape index (κ3) is 3.13. The maximum atomic E-state index is 13.4. The Morgan fingerprint density at radius 2 is 1.94 bits per heavy atom. The number of anilines is 1. The van der Waals surface area contributed by atoms with Gasteiger partial charge in [-0.05, 0) is 19.1 Å². The number of esters is 1. The van der Waals surface area contributed by atoms with E-state index in [1.807, 2.05) is 0 Å². The van der Waals surface area contributed by atoms with Gasteiger partial charge in [0.1, 0.15) is 11.6 Å². The minimum absolute atomic E-state index is 0.292. The monoisotopic (exact) mass is 255 g/mol. The lowest BCUT2D eigenvalue weighted by molar-refractivity contribution is -0.111. The van der Waals surface area contributed by atoms with Gasteiger partial charge in [0.2, 0.25) is 5.91 Å². The number of hydrogen-bond acceptors (Lipinski definition) is 3. The van der Waals surface area contributed by atoms with Gasteiger partial charge in [-0.25, -0.2) is 13.6 Å². The van der Waals surface area contributed by atoms with E-state index in [-0.39, 0.29) is 5.69 Å². The van der Waals surface area contributed by atoms with Gasteiger partial charge < -0.3 is 10.1 Å². The van der Waals surface area contributed by atoms with Crippen LogP contribution in [0.2, 0.25) is 0 Å². The van der Waals surface area contributed by atoms with Crippen LogP contribution in [0.3, 0.4) is 0 Å².